The summed E-state index contributed by atoms with van der Waals surface area (Å²) in [4.78, 5) is 137. The van der Waals surface area contributed by atoms with E-state index in [1.54, 1.807) is 78.9 Å². The zero-order valence-corrected chi connectivity index (χ0v) is 55.0. The first kappa shape index (κ1) is 72.1. The highest BCUT2D eigenvalue weighted by Gasteiger charge is 2.43. The lowest BCUT2D eigenvalue weighted by Gasteiger charge is -2.32. The molecule has 516 valence electrons. The summed E-state index contributed by atoms with van der Waals surface area (Å²) in [6, 6.07) is 22.1. The molecule has 9 atom stereocenters. The lowest BCUT2D eigenvalue weighted by Crippen LogP contribution is -2.57. The van der Waals surface area contributed by atoms with Crippen LogP contribution in [-0.2, 0) is 51.5 Å². The monoisotopic (exact) mass is 1330 g/mol. The van der Waals surface area contributed by atoms with E-state index in [9.17, 15) is 48.3 Å². The van der Waals surface area contributed by atoms with Crippen molar-refractivity contribution in [1.82, 2.24) is 36.4 Å². The average molecular weight is 1330 g/mol. The van der Waals surface area contributed by atoms with Gasteiger partial charge in [0.25, 0.3) is 0 Å². The van der Waals surface area contributed by atoms with Crippen LogP contribution in [0.1, 0.15) is 125 Å². The third-order valence-electron chi connectivity index (χ3n) is 17.6. The molecule has 0 radical (unpaired) electrons. The number of anilines is 1. The van der Waals surface area contributed by atoms with Gasteiger partial charge in [-0.25, -0.2) is 14.4 Å². The number of allylic oxidation sites excluding steroid dienone is 1. The number of carboxylic acid groups (broad SMARTS) is 1. The Kier molecular flexibility index (Phi) is 25.7. The van der Waals surface area contributed by atoms with Crippen LogP contribution in [-0.4, -0.2) is 149 Å². The van der Waals surface area contributed by atoms with E-state index in [2.05, 4.69) is 41.9 Å². The number of hydrogen-bond donors (Lipinski definition) is 11. The van der Waals surface area contributed by atoms with Crippen molar-refractivity contribution >= 4 is 76.8 Å². The van der Waals surface area contributed by atoms with E-state index in [1.165, 1.54) is 15.9 Å². The maximum Gasteiger partial charge on any atom is 0.408 e. The largest absolute Gasteiger partial charge is 0.478 e. The highest BCUT2D eigenvalue weighted by Crippen LogP contribution is 2.45. The zero-order chi connectivity index (χ0) is 69.7. The van der Waals surface area contributed by atoms with Crippen molar-refractivity contribution < 1.29 is 62.5 Å². The Hall–Kier alpha value is -10.7. The highest BCUT2D eigenvalue weighted by molar-refractivity contribution is 6.03. The summed E-state index contributed by atoms with van der Waals surface area (Å²) in [7, 11) is 0. The first-order valence-electron chi connectivity index (χ1n) is 32.8. The number of amides is 8. The number of guanidine groups is 2. The van der Waals surface area contributed by atoms with Gasteiger partial charge in [-0.15, -0.1) is 0 Å². The minimum Gasteiger partial charge on any atom is -0.478 e. The maximum absolute atomic E-state index is 14.6. The Labute approximate surface area is 563 Å². The van der Waals surface area contributed by atoms with Crippen LogP contribution in [0.3, 0.4) is 0 Å². The second-order valence-corrected chi connectivity index (χ2v) is 24.4. The number of rotatable bonds is 30. The molecule has 27 nitrogen and oxygen atoms in total. The normalized spacial score (nSPS) is 17.9. The van der Waals surface area contributed by atoms with Crippen LogP contribution in [0.15, 0.2) is 143 Å². The van der Waals surface area contributed by atoms with Crippen LogP contribution in [0.4, 0.5) is 15.3 Å². The van der Waals surface area contributed by atoms with Crippen LogP contribution in [0.25, 0.3) is 5.57 Å². The molecule has 2 saturated heterocycles. The number of aliphatic imine (C=N–C) groups is 2. The topological polar surface area (TPSA) is 409 Å². The van der Waals surface area contributed by atoms with Gasteiger partial charge in [-0.1, -0.05) is 132 Å². The SMILES string of the molecule is CC[C@H](C)[C@H](NC(=O)OCc1ccccc1)C(=O)N1CCC[C@H]1C(=O)N[C@@H](CCCN=C(N)N)C(=O)Nc1ccc2c(c1)OC1=CC(NC(=O)[C@H](CCCN=C(N)N)NC(=O)[C@@H]3CCCN3C(=O)[C@@H](NC(=O)OCc3ccccc3)[C@@H](C)CC)C=CC1=C2c1ccccc1C(=O)O. The van der Waals surface area contributed by atoms with Crippen molar-refractivity contribution in [3.05, 3.63) is 161 Å². The molecule has 4 aromatic rings. The quantitative estimate of drug-likeness (QED) is 0.0182. The lowest BCUT2D eigenvalue weighted by atomic mass is 9.85. The summed E-state index contributed by atoms with van der Waals surface area (Å²) >= 11 is 0. The molecule has 97 heavy (non-hydrogen) atoms. The molecule has 4 aromatic carbocycles. The molecule has 0 spiro atoms. The fraction of sp³-hybridized carbons (Fsp3) is 0.414. The molecule has 3 heterocycles. The average Bonchev–Trinajstić information content (AvgIpc) is 1.38. The molecular formula is C70H88N14O13. The molecule has 3 aliphatic heterocycles. The summed E-state index contributed by atoms with van der Waals surface area (Å²) < 4.78 is 17.6. The number of likely N-dealkylation sites (tertiary alicyclic amines) is 2. The summed E-state index contributed by atoms with van der Waals surface area (Å²) in [5.74, 6) is -5.20. The number of fused-ring (bicyclic) bond motifs is 2. The molecule has 8 amide bonds. The summed E-state index contributed by atoms with van der Waals surface area (Å²) in [5.41, 5.74) is 25.9. The second-order valence-electron chi connectivity index (χ2n) is 24.4. The van der Waals surface area contributed by atoms with Crippen molar-refractivity contribution in [2.24, 2.45) is 44.8 Å². The fourth-order valence-corrected chi connectivity index (χ4v) is 12.0. The molecular weight excluding hydrogens is 1240 g/mol. The minimum atomic E-state index is -1.20. The number of benzene rings is 4. The molecule has 0 bridgehead atoms. The molecule has 27 heteroatoms. The van der Waals surface area contributed by atoms with Gasteiger partial charge >= 0.3 is 18.2 Å². The molecule has 1 aliphatic carbocycles. The van der Waals surface area contributed by atoms with E-state index in [1.807, 2.05) is 64.1 Å². The van der Waals surface area contributed by atoms with Gasteiger partial charge in [0.1, 0.15) is 61.0 Å². The number of nitrogens with two attached hydrogens (primary N) is 4. The van der Waals surface area contributed by atoms with Gasteiger partial charge in [0.2, 0.25) is 35.4 Å². The zero-order valence-electron chi connectivity index (χ0n) is 55.0. The van der Waals surface area contributed by atoms with E-state index in [-0.39, 0.29) is 124 Å². The third kappa shape index (κ3) is 19.5. The predicted molar refractivity (Wildman–Crippen MR) is 363 cm³/mol. The molecule has 1 unspecified atom stereocenters. The van der Waals surface area contributed by atoms with Crippen molar-refractivity contribution in [2.75, 3.05) is 31.5 Å². The number of ether oxygens (including phenoxy) is 3. The van der Waals surface area contributed by atoms with Gasteiger partial charge in [0.15, 0.2) is 11.9 Å². The number of nitrogens with zero attached hydrogens (tertiary/aromatic N) is 4. The van der Waals surface area contributed by atoms with Gasteiger partial charge < -0.3 is 84.0 Å². The van der Waals surface area contributed by atoms with Crippen molar-refractivity contribution in [2.45, 2.75) is 147 Å². The van der Waals surface area contributed by atoms with Crippen molar-refractivity contribution in [3.63, 3.8) is 0 Å². The summed E-state index contributed by atoms with van der Waals surface area (Å²) in [5, 5.41) is 27.6. The van der Waals surface area contributed by atoms with E-state index in [4.69, 9.17) is 37.1 Å². The minimum absolute atomic E-state index is 0.0166. The van der Waals surface area contributed by atoms with E-state index in [0.29, 0.717) is 48.0 Å². The predicted octanol–water partition coefficient (Wildman–Crippen LogP) is 5.20. The number of carbonyl (C=O) groups excluding carboxylic acids is 8. The van der Waals surface area contributed by atoms with Crippen molar-refractivity contribution in [1.29, 1.82) is 0 Å². The first-order chi connectivity index (χ1) is 46.6. The Bertz CT molecular complexity index is 3670. The summed E-state index contributed by atoms with van der Waals surface area (Å²) in [6.07, 6.45) is 6.60. The number of carboxylic acids is 1. The number of carbonyl (C=O) groups is 9. The molecule has 0 aromatic heterocycles. The van der Waals surface area contributed by atoms with Crippen LogP contribution in [0.2, 0.25) is 0 Å². The number of aromatic carboxylic acids is 1. The Morgan fingerprint density at radius 3 is 1.62 bits per heavy atom. The van der Waals surface area contributed by atoms with Gasteiger partial charge in [0.05, 0.1) is 11.6 Å². The molecule has 8 rings (SSSR count). The maximum atomic E-state index is 14.6. The van der Waals surface area contributed by atoms with Crippen molar-refractivity contribution in [3.8, 4) is 5.75 Å². The number of hydrogen-bond acceptors (Lipinski definition) is 14. The lowest BCUT2D eigenvalue weighted by molar-refractivity contribution is -0.141. The molecule has 4 aliphatic rings. The van der Waals surface area contributed by atoms with Crippen LogP contribution >= 0.6 is 0 Å². The molecule has 15 N–H and O–H groups in total. The first-order valence-corrected chi connectivity index (χ1v) is 32.8. The molecule has 2 fully saturated rings. The van der Waals surface area contributed by atoms with E-state index >= 15 is 0 Å². The van der Waals surface area contributed by atoms with E-state index < -0.39 is 95.9 Å². The van der Waals surface area contributed by atoms with Gasteiger partial charge in [-0.05, 0) is 104 Å². The fourth-order valence-electron chi connectivity index (χ4n) is 12.0. The van der Waals surface area contributed by atoms with Gasteiger partial charge in [0, 0.05) is 54.6 Å². The highest BCUT2D eigenvalue weighted by atomic mass is 16.6. The second kappa shape index (κ2) is 34.6. The number of nitrogens with one attached hydrogen (secondary N) is 6. The van der Waals surface area contributed by atoms with Gasteiger partial charge in [-0.2, -0.15) is 0 Å². The Balaban J connectivity index is 1.01. The smallest absolute Gasteiger partial charge is 0.408 e. The van der Waals surface area contributed by atoms with E-state index in [0.717, 1.165) is 11.1 Å². The standard InChI is InChI=1S/C70H88N14O13/c1-5-41(3)58(81-69(93)95-39-43-19-9-7-10-20-43)64(89)83-35-17-27-53(83)62(87)79-51(25-15-33-75-67(71)72)60(85)77-45-29-31-49-55(37-45)97-56-38-46(30-32-50(56)57(49)47-23-13-14-24-48(47)66(91)92)78-61(86)52(26-16-34-76-68(73)74)80-63(88)54-28-18-36-84(54)65(90)59(42(4)6-2)82-70(94)96-40-44-21-11-8-12-22-44/h7-14,19-24,29-32,37-38,41-42,45,51-54,58-59H,5-6,15-18,25-28,33-36,39-40H2,1-4H3,(H,77,85)(H,78,86)(H,79,87)(H,80,88)(H,81,93)(H,82,94)(H,91,92)(H4,71,72,75)(H4,73,74,76)/t41-,42-,45?,51-,52-,53-,54-,58-,59-/m0/s1. The Morgan fingerprint density at radius 2 is 1.12 bits per heavy atom. The van der Waals surface area contributed by atoms with Crippen LogP contribution in [0, 0.1) is 11.8 Å². The Morgan fingerprint density at radius 1 is 0.629 bits per heavy atom. The third-order valence-corrected chi connectivity index (χ3v) is 17.6. The molecule has 0 saturated carbocycles. The summed E-state index contributed by atoms with van der Waals surface area (Å²) in [6.45, 7) is 8.06. The van der Waals surface area contributed by atoms with Gasteiger partial charge in [-0.3, -0.25) is 38.8 Å². The van der Waals surface area contributed by atoms with Crippen LogP contribution in [0.5, 0.6) is 5.75 Å². The van der Waals surface area contributed by atoms with Crippen LogP contribution < -0.4 is 59.6 Å². The number of alkyl carbamates (subject to hydrolysis) is 2.